The number of thiophene rings is 1. The lowest BCUT2D eigenvalue weighted by molar-refractivity contribution is -0.134. The molecule has 2 aromatic heterocycles. The van der Waals surface area contributed by atoms with Gasteiger partial charge >= 0.3 is 0 Å². The highest BCUT2D eigenvalue weighted by molar-refractivity contribution is 7.07. The van der Waals surface area contributed by atoms with E-state index in [2.05, 4.69) is 16.5 Å². The third-order valence-electron chi connectivity index (χ3n) is 4.02. The van der Waals surface area contributed by atoms with Crippen molar-refractivity contribution >= 4 is 17.2 Å². The molecule has 2 aromatic rings. The number of aromatic nitrogens is 2. The minimum absolute atomic E-state index is 0.0522. The average molecular weight is 319 g/mol. The number of aryl methyl sites for hydroxylation is 2. The zero-order valence-electron chi connectivity index (χ0n) is 13.2. The lowest BCUT2D eigenvalue weighted by atomic mass is 10.3. The number of carbonyl (C=O) groups is 1. The van der Waals surface area contributed by atoms with Crippen LogP contribution >= 0.6 is 11.3 Å². The van der Waals surface area contributed by atoms with Gasteiger partial charge in [-0.1, -0.05) is 0 Å². The van der Waals surface area contributed by atoms with Gasteiger partial charge in [0.05, 0.1) is 5.69 Å². The van der Waals surface area contributed by atoms with Gasteiger partial charge in [-0.3, -0.25) is 9.48 Å². The zero-order valence-corrected chi connectivity index (χ0v) is 14.0. The van der Waals surface area contributed by atoms with Crippen molar-refractivity contribution < 1.29 is 9.53 Å². The van der Waals surface area contributed by atoms with Gasteiger partial charge < -0.3 is 9.64 Å². The van der Waals surface area contributed by atoms with E-state index in [-0.39, 0.29) is 12.5 Å². The minimum Gasteiger partial charge on any atom is -0.480 e. The van der Waals surface area contributed by atoms with E-state index >= 15 is 0 Å². The molecule has 1 saturated carbocycles. The quantitative estimate of drug-likeness (QED) is 0.822. The Bertz CT molecular complexity index is 659. The number of ether oxygens (including phenoxy) is 1. The molecule has 0 unspecified atom stereocenters. The van der Waals surface area contributed by atoms with Crippen LogP contribution in [0.2, 0.25) is 0 Å². The molecular weight excluding hydrogens is 298 g/mol. The van der Waals surface area contributed by atoms with Crippen molar-refractivity contribution in [3.63, 3.8) is 0 Å². The lowest BCUT2D eigenvalue weighted by Crippen LogP contribution is -2.36. The second kappa shape index (κ2) is 6.12. The fraction of sp³-hybridized carbons (Fsp3) is 0.500. The summed E-state index contributed by atoms with van der Waals surface area (Å²) in [6.07, 6.45) is 2.20. The summed E-state index contributed by atoms with van der Waals surface area (Å²) in [5, 5.41) is 8.45. The molecule has 0 aliphatic heterocycles. The number of hydrogen-bond donors (Lipinski definition) is 0. The summed E-state index contributed by atoms with van der Waals surface area (Å²) in [6, 6.07) is 2.45. The Balaban J connectivity index is 1.64. The largest absolute Gasteiger partial charge is 0.480 e. The first-order valence-electron chi connectivity index (χ1n) is 7.50. The number of nitrogens with zero attached hydrogens (tertiary/aromatic N) is 3. The Morgan fingerprint density at radius 3 is 2.82 bits per heavy atom. The Morgan fingerprint density at radius 1 is 1.50 bits per heavy atom. The number of hydrogen-bond acceptors (Lipinski definition) is 4. The highest BCUT2D eigenvalue weighted by atomic mass is 32.1. The van der Waals surface area contributed by atoms with Gasteiger partial charge in [0, 0.05) is 19.6 Å². The maximum Gasteiger partial charge on any atom is 0.261 e. The van der Waals surface area contributed by atoms with Crippen molar-refractivity contribution in [3.8, 4) is 5.75 Å². The van der Waals surface area contributed by atoms with E-state index in [9.17, 15) is 4.79 Å². The Kier molecular flexibility index (Phi) is 4.20. The van der Waals surface area contributed by atoms with Crippen LogP contribution in [0, 0.1) is 13.8 Å². The van der Waals surface area contributed by atoms with E-state index in [0.29, 0.717) is 12.6 Å². The van der Waals surface area contributed by atoms with E-state index in [1.807, 2.05) is 31.2 Å². The van der Waals surface area contributed by atoms with Crippen LogP contribution in [-0.4, -0.2) is 33.2 Å². The molecule has 0 bridgehead atoms. The van der Waals surface area contributed by atoms with Gasteiger partial charge in [0.2, 0.25) is 0 Å². The van der Waals surface area contributed by atoms with Gasteiger partial charge in [0.1, 0.15) is 5.69 Å². The smallest absolute Gasteiger partial charge is 0.261 e. The number of amides is 1. The van der Waals surface area contributed by atoms with Crippen LogP contribution in [0.25, 0.3) is 0 Å². The van der Waals surface area contributed by atoms with Gasteiger partial charge in [-0.2, -0.15) is 16.4 Å². The topological polar surface area (TPSA) is 47.4 Å². The molecule has 0 aromatic carbocycles. The molecule has 3 rings (SSSR count). The highest BCUT2D eigenvalue weighted by Crippen LogP contribution is 2.29. The van der Waals surface area contributed by atoms with Crippen molar-refractivity contribution in [2.45, 2.75) is 39.3 Å². The van der Waals surface area contributed by atoms with Crippen LogP contribution in [0.1, 0.15) is 29.8 Å². The SMILES string of the molecule is Cc1nn(C)c(C)c1OCC(=O)N(Cc1ccsc1)C1CC1. The lowest BCUT2D eigenvalue weighted by Gasteiger charge is -2.22. The van der Waals surface area contributed by atoms with Crippen LogP contribution in [0.15, 0.2) is 16.8 Å². The second-order valence-corrected chi connectivity index (χ2v) is 6.58. The molecule has 1 amide bonds. The zero-order chi connectivity index (χ0) is 15.7. The van der Waals surface area contributed by atoms with Crippen molar-refractivity contribution in [1.82, 2.24) is 14.7 Å². The van der Waals surface area contributed by atoms with Crippen molar-refractivity contribution in [2.75, 3.05) is 6.61 Å². The normalized spacial score (nSPS) is 14.1. The first kappa shape index (κ1) is 15.1. The van der Waals surface area contributed by atoms with Crippen LogP contribution in [0.5, 0.6) is 5.75 Å². The summed E-state index contributed by atoms with van der Waals surface area (Å²) in [6.45, 7) is 4.61. The molecule has 22 heavy (non-hydrogen) atoms. The molecule has 1 fully saturated rings. The van der Waals surface area contributed by atoms with Crippen LogP contribution in [-0.2, 0) is 18.4 Å². The van der Waals surface area contributed by atoms with Crippen molar-refractivity contribution in [2.24, 2.45) is 7.05 Å². The standard InChI is InChI=1S/C16H21N3O2S/c1-11-16(12(2)18(3)17-11)21-9-15(20)19(14-4-5-14)8-13-6-7-22-10-13/h6-7,10,14H,4-5,8-9H2,1-3H3. The molecule has 0 spiro atoms. The predicted octanol–water partition coefficient (Wildman–Crippen LogP) is 2.67. The molecule has 1 aliphatic rings. The van der Waals surface area contributed by atoms with E-state index < -0.39 is 0 Å². The summed E-state index contributed by atoms with van der Waals surface area (Å²) in [5.74, 6) is 0.776. The third-order valence-corrected chi connectivity index (χ3v) is 4.76. The summed E-state index contributed by atoms with van der Waals surface area (Å²) in [7, 11) is 1.88. The summed E-state index contributed by atoms with van der Waals surface area (Å²) in [5.41, 5.74) is 2.96. The summed E-state index contributed by atoms with van der Waals surface area (Å²) in [4.78, 5) is 14.5. The maximum absolute atomic E-state index is 12.5. The summed E-state index contributed by atoms with van der Waals surface area (Å²) < 4.78 is 7.53. The van der Waals surface area contributed by atoms with Gasteiger partial charge in [-0.05, 0) is 49.1 Å². The average Bonchev–Trinajstić information content (AvgIpc) is 3.13. The molecule has 0 atom stereocenters. The fourth-order valence-corrected chi connectivity index (χ4v) is 3.23. The van der Waals surface area contributed by atoms with Gasteiger partial charge in [-0.15, -0.1) is 0 Å². The van der Waals surface area contributed by atoms with Crippen LogP contribution in [0.4, 0.5) is 0 Å². The minimum atomic E-state index is 0.0522. The van der Waals surface area contributed by atoms with Crippen LogP contribution < -0.4 is 4.74 Å². The van der Waals surface area contributed by atoms with E-state index in [1.165, 1.54) is 5.56 Å². The van der Waals surface area contributed by atoms with Gasteiger partial charge in [-0.25, -0.2) is 0 Å². The molecule has 0 N–H and O–H groups in total. The number of rotatable bonds is 6. The third kappa shape index (κ3) is 3.16. The maximum atomic E-state index is 12.5. The summed E-state index contributed by atoms with van der Waals surface area (Å²) >= 11 is 1.66. The van der Waals surface area contributed by atoms with Gasteiger partial charge in [0.25, 0.3) is 5.91 Å². The monoisotopic (exact) mass is 319 g/mol. The first-order chi connectivity index (χ1) is 10.6. The second-order valence-electron chi connectivity index (χ2n) is 5.80. The Hall–Kier alpha value is -1.82. The Morgan fingerprint density at radius 2 is 2.27 bits per heavy atom. The highest BCUT2D eigenvalue weighted by Gasteiger charge is 2.33. The van der Waals surface area contributed by atoms with E-state index in [4.69, 9.17) is 4.74 Å². The fourth-order valence-electron chi connectivity index (χ4n) is 2.57. The molecule has 1 aliphatic carbocycles. The predicted molar refractivity (Wildman–Crippen MR) is 86.1 cm³/mol. The van der Waals surface area contributed by atoms with E-state index in [1.54, 1.807) is 16.0 Å². The molecule has 118 valence electrons. The van der Waals surface area contributed by atoms with Crippen molar-refractivity contribution in [3.05, 3.63) is 33.8 Å². The van der Waals surface area contributed by atoms with Crippen molar-refractivity contribution in [1.29, 1.82) is 0 Å². The molecule has 2 heterocycles. The molecular formula is C16H21N3O2S. The van der Waals surface area contributed by atoms with E-state index in [0.717, 1.165) is 30.0 Å². The Labute approximate surface area is 134 Å². The first-order valence-corrected chi connectivity index (χ1v) is 8.44. The number of carbonyl (C=O) groups excluding carboxylic acids is 1. The molecule has 6 heteroatoms. The van der Waals surface area contributed by atoms with Gasteiger partial charge in [0.15, 0.2) is 12.4 Å². The molecule has 5 nitrogen and oxygen atoms in total. The van der Waals surface area contributed by atoms with Crippen LogP contribution in [0.3, 0.4) is 0 Å². The molecule has 0 radical (unpaired) electrons. The molecule has 0 saturated heterocycles.